The molecule has 0 aliphatic carbocycles. The highest BCUT2D eigenvalue weighted by molar-refractivity contribution is 5.74. The van der Waals surface area contributed by atoms with Crippen molar-refractivity contribution in [2.24, 2.45) is 14.1 Å². The van der Waals surface area contributed by atoms with E-state index in [1.165, 1.54) is 19.0 Å². The molecule has 0 bridgehead atoms. The molecule has 0 spiro atoms. The van der Waals surface area contributed by atoms with Crippen LogP contribution >= 0.6 is 0 Å². The van der Waals surface area contributed by atoms with Crippen LogP contribution in [-0.2, 0) is 18.9 Å². The number of hydrogen-bond acceptors (Lipinski definition) is 5. The van der Waals surface area contributed by atoms with Gasteiger partial charge in [0.1, 0.15) is 18.4 Å². The van der Waals surface area contributed by atoms with Crippen molar-refractivity contribution in [3.8, 4) is 6.07 Å². The van der Waals surface area contributed by atoms with E-state index in [0.717, 1.165) is 9.13 Å². The van der Waals surface area contributed by atoms with Gasteiger partial charge in [-0.15, -0.1) is 0 Å². The lowest BCUT2D eigenvalue weighted by Crippen LogP contribution is -2.44. The van der Waals surface area contributed by atoms with Crippen molar-refractivity contribution < 1.29 is 9.90 Å². The summed E-state index contributed by atoms with van der Waals surface area (Å²) in [4.78, 5) is 36.1. The zero-order valence-electron chi connectivity index (χ0n) is 11.6. The summed E-state index contributed by atoms with van der Waals surface area (Å²) in [5.41, 5.74) is -1.56. The maximum absolute atomic E-state index is 11.9. The van der Waals surface area contributed by atoms with Crippen LogP contribution in [0.5, 0.6) is 0 Å². The molecule has 1 heterocycles. The average molecular weight is 280 g/mol. The number of aromatic nitrogens is 2. The van der Waals surface area contributed by atoms with Crippen molar-refractivity contribution in [2.75, 3.05) is 18.0 Å². The van der Waals surface area contributed by atoms with Crippen molar-refractivity contribution in [2.45, 2.75) is 13.3 Å². The standard InChI is InChI=1S/C12H16N4O4/c1-4-5-16(7-9(17)18)10-8(6-13)11(19)15(3)12(20)14(10)2/h4-5,7H2,1-3H3,(H,17,18). The lowest BCUT2D eigenvalue weighted by molar-refractivity contribution is -0.135. The van der Waals surface area contributed by atoms with Crippen LogP contribution in [-0.4, -0.2) is 33.3 Å². The fourth-order valence-electron chi connectivity index (χ4n) is 1.99. The zero-order chi connectivity index (χ0) is 15.4. The van der Waals surface area contributed by atoms with Gasteiger partial charge in [0.25, 0.3) is 5.56 Å². The van der Waals surface area contributed by atoms with Crippen LogP contribution in [0.2, 0.25) is 0 Å². The van der Waals surface area contributed by atoms with E-state index in [9.17, 15) is 14.4 Å². The molecule has 20 heavy (non-hydrogen) atoms. The first kappa shape index (κ1) is 15.5. The van der Waals surface area contributed by atoms with Gasteiger partial charge in [0.2, 0.25) is 0 Å². The first-order valence-electron chi connectivity index (χ1n) is 6.02. The summed E-state index contributed by atoms with van der Waals surface area (Å²) in [6.45, 7) is 1.77. The second-order valence-electron chi connectivity index (χ2n) is 4.33. The summed E-state index contributed by atoms with van der Waals surface area (Å²) in [7, 11) is 2.68. The van der Waals surface area contributed by atoms with E-state index in [4.69, 9.17) is 10.4 Å². The number of hydrogen-bond donors (Lipinski definition) is 1. The summed E-state index contributed by atoms with van der Waals surface area (Å²) in [6, 6.07) is 1.76. The quantitative estimate of drug-likeness (QED) is 0.760. The Morgan fingerprint density at radius 1 is 1.35 bits per heavy atom. The molecule has 1 aromatic rings. The highest BCUT2D eigenvalue weighted by Crippen LogP contribution is 2.14. The Balaban J connectivity index is 3.64. The Bertz CT molecular complexity index is 680. The molecular formula is C12H16N4O4. The van der Waals surface area contributed by atoms with Crippen LogP contribution in [0.3, 0.4) is 0 Å². The maximum atomic E-state index is 11.9. The third kappa shape index (κ3) is 2.71. The van der Waals surface area contributed by atoms with Crippen LogP contribution in [0.15, 0.2) is 9.59 Å². The summed E-state index contributed by atoms with van der Waals surface area (Å²) in [6.07, 6.45) is 0.613. The van der Waals surface area contributed by atoms with Gasteiger partial charge in [-0.05, 0) is 6.42 Å². The molecule has 1 rings (SSSR count). The molecule has 0 fully saturated rings. The third-order valence-corrected chi connectivity index (χ3v) is 2.86. The second kappa shape index (κ2) is 6.06. The van der Waals surface area contributed by atoms with Crippen molar-refractivity contribution in [3.05, 3.63) is 26.4 Å². The number of aliphatic carboxylic acids is 1. The molecule has 0 saturated carbocycles. The van der Waals surface area contributed by atoms with Crippen LogP contribution in [0.4, 0.5) is 5.82 Å². The SMILES string of the molecule is CCCN(CC(=O)O)c1c(C#N)c(=O)n(C)c(=O)n1C. The van der Waals surface area contributed by atoms with E-state index in [0.29, 0.717) is 13.0 Å². The highest BCUT2D eigenvalue weighted by atomic mass is 16.4. The van der Waals surface area contributed by atoms with Gasteiger partial charge in [-0.2, -0.15) is 5.26 Å². The maximum Gasteiger partial charge on any atom is 0.332 e. The Labute approximate surface area is 115 Å². The first-order valence-corrected chi connectivity index (χ1v) is 6.02. The molecule has 1 aromatic heterocycles. The predicted octanol–water partition coefficient (Wildman–Crippen LogP) is -0.743. The summed E-state index contributed by atoms with van der Waals surface area (Å²) in [5.74, 6) is -1.06. The Kier molecular flexibility index (Phi) is 4.69. The number of carbonyl (C=O) groups is 1. The number of carboxylic acid groups (broad SMARTS) is 1. The van der Waals surface area contributed by atoms with Gasteiger partial charge >= 0.3 is 11.7 Å². The number of nitriles is 1. The van der Waals surface area contributed by atoms with Gasteiger partial charge < -0.3 is 10.0 Å². The third-order valence-electron chi connectivity index (χ3n) is 2.86. The predicted molar refractivity (Wildman–Crippen MR) is 71.8 cm³/mol. The summed E-state index contributed by atoms with van der Waals surface area (Å²) in [5, 5.41) is 18.1. The van der Waals surface area contributed by atoms with Gasteiger partial charge in [0, 0.05) is 20.6 Å². The van der Waals surface area contributed by atoms with Crippen LogP contribution < -0.4 is 16.1 Å². The number of nitrogens with zero attached hydrogens (tertiary/aromatic N) is 4. The lowest BCUT2D eigenvalue weighted by atomic mass is 10.2. The molecule has 0 aliphatic heterocycles. The van der Waals surface area contributed by atoms with E-state index in [-0.39, 0.29) is 17.9 Å². The van der Waals surface area contributed by atoms with Crippen LogP contribution in [0.25, 0.3) is 0 Å². The van der Waals surface area contributed by atoms with Gasteiger partial charge in [-0.25, -0.2) is 4.79 Å². The monoisotopic (exact) mass is 280 g/mol. The minimum absolute atomic E-state index is 0.0462. The normalized spacial score (nSPS) is 10.1. The molecule has 8 nitrogen and oxygen atoms in total. The van der Waals surface area contributed by atoms with Crippen molar-refractivity contribution in [1.82, 2.24) is 9.13 Å². The second-order valence-corrected chi connectivity index (χ2v) is 4.33. The van der Waals surface area contributed by atoms with E-state index >= 15 is 0 Å². The molecule has 1 N–H and O–H groups in total. The molecule has 0 atom stereocenters. The molecule has 0 aromatic carbocycles. The number of anilines is 1. The Morgan fingerprint density at radius 2 is 1.95 bits per heavy atom. The largest absolute Gasteiger partial charge is 0.480 e. The molecule has 0 amide bonds. The number of rotatable bonds is 5. The van der Waals surface area contributed by atoms with Gasteiger partial charge in [-0.3, -0.25) is 18.7 Å². The lowest BCUT2D eigenvalue weighted by Gasteiger charge is -2.25. The zero-order valence-corrected chi connectivity index (χ0v) is 11.6. The Hall–Kier alpha value is -2.56. The van der Waals surface area contributed by atoms with Gasteiger partial charge in [-0.1, -0.05) is 6.92 Å². The van der Waals surface area contributed by atoms with E-state index in [1.54, 1.807) is 6.07 Å². The first-order chi connectivity index (χ1) is 9.34. The van der Waals surface area contributed by atoms with E-state index in [1.807, 2.05) is 6.92 Å². The van der Waals surface area contributed by atoms with Crippen LogP contribution in [0, 0.1) is 11.3 Å². The molecule has 0 radical (unpaired) electrons. The minimum Gasteiger partial charge on any atom is -0.480 e. The number of carboxylic acids is 1. The van der Waals surface area contributed by atoms with Crippen molar-refractivity contribution in [3.63, 3.8) is 0 Å². The highest BCUT2D eigenvalue weighted by Gasteiger charge is 2.21. The summed E-state index contributed by atoms with van der Waals surface area (Å²) >= 11 is 0. The summed E-state index contributed by atoms with van der Waals surface area (Å²) < 4.78 is 1.95. The average Bonchev–Trinajstić information content (AvgIpc) is 2.39. The topological polar surface area (TPSA) is 108 Å². The molecule has 0 saturated heterocycles. The fourth-order valence-corrected chi connectivity index (χ4v) is 1.99. The molecule has 0 aliphatic rings. The van der Waals surface area contributed by atoms with Crippen LogP contribution in [0.1, 0.15) is 18.9 Å². The van der Waals surface area contributed by atoms with Gasteiger partial charge in [0.05, 0.1) is 0 Å². The fraction of sp³-hybridized carbons (Fsp3) is 0.500. The van der Waals surface area contributed by atoms with Crippen molar-refractivity contribution >= 4 is 11.8 Å². The van der Waals surface area contributed by atoms with Crippen molar-refractivity contribution in [1.29, 1.82) is 5.26 Å². The van der Waals surface area contributed by atoms with E-state index in [2.05, 4.69) is 0 Å². The minimum atomic E-state index is -1.10. The molecule has 0 unspecified atom stereocenters. The molecule has 8 heteroatoms. The smallest absolute Gasteiger partial charge is 0.332 e. The molecular weight excluding hydrogens is 264 g/mol. The van der Waals surface area contributed by atoms with E-state index < -0.39 is 17.2 Å². The Morgan fingerprint density at radius 3 is 2.40 bits per heavy atom. The van der Waals surface area contributed by atoms with Gasteiger partial charge in [0.15, 0.2) is 5.56 Å². The molecule has 108 valence electrons.